The minimum absolute atomic E-state index is 0.0719. The Morgan fingerprint density at radius 1 is 1.04 bits per heavy atom. The molecule has 3 aromatic rings. The van der Waals surface area contributed by atoms with Crippen molar-refractivity contribution in [2.45, 2.75) is 26.0 Å². The zero-order valence-electron chi connectivity index (χ0n) is 14.6. The van der Waals surface area contributed by atoms with Gasteiger partial charge in [0.2, 0.25) is 5.91 Å². The van der Waals surface area contributed by atoms with Gasteiger partial charge in [-0.25, -0.2) is 0 Å². The number of carbonyl (C=O) groups excluding carboxylic acids is 1. The highest BCUT2D eigenvalue weighted by Crippen LogP contribution is 2.21. The molecule has 1 aliphatic rings. The van der Waals surface area contributed by atoms with Crippen LogP contribution in [-0.4, -0.2) is 44.0 Å². The van der Waals surface area contributed by atoms with Crippen LogP contribution in [0.15, 0.2) is 48.5 Å². The molecule has 6 heteroatoms. The maximum Gasteiger partial charge on any atom is 0.246 e. The first-order valence-electron chi connectivity index (χ1n) is 8.97. The highest BCUT2D eigenvalue weighted by atomic mass is 16.3. The molecule has 1 aliphatic heterocycles. The third-order valence-electron chi connectivity index (χ3n) is 4.97. The Morgan fingerprint density at radius 3 is 2.35 bits per heavy atom. The Kier molecular flexibility index (Phi) is 4.67. The van der Waals surface area contributed by atoms with Crippen LogP contribution in [0.25, 0.3) is 11.0 Å². The summed E-state index contributed by atoms with van der Waals surface area (Å²) in [5, 5.41) is 17.8. The summed E-state index contributed by atoms with van der Waals surface area (Å²) in [6.07, 6.45) is 1.97. The van der Waals surface area contributed by atoms with Gasteiger partial charge in [0, 0.05) is 13.1 Å². The number of hydrogen-bond acceptors (Lipinski definition) is 4. The smallest absolute Gasteiger partial charge is 0.246 e. The summed E-state index contributed by atoms with van der Waals surface area (Å²) in [7, 11) is 0. The number of amides is 1. The van der Waals surface area contributed by atoms with Crippen LogP contribution in [0.2, 0.25) is 0 Å². The molecule has 0 spiro atoms. The maximum absolute atomic E-state index is 12.6. The molecule has 0 saturated carbocycles. The predicted octanol–water partition coefficient (Wildman–Crippen LogP) is 2.01. The summed E-state index contributed by atoms with van der Waals surface area (Å²) >= 11 is 0. The Bertz CT molecular complexity index is 871. The molecular formula is C20H22N4O2. The van der Waals surface area contributed by atoms with Crippen molar-refractivity contribution in [1.82, 2.24) is 19.9 Å². The van der Waals surface area contributed by atoms with E-state index in [0.717, 1.165) is 42.5 Å². The Balaban J connectivity index is 1.34. The second-order valence-corrected chi connectivity index (χ2v) is 6.89. The summed E-state index contributed by atoms with van der Waals surface area (Å²) in [5.41, 5.74) is 3.80. The van der Waals surface area contributed by atoms with Crippen molar-refractivity contribution in [1.29, 1.82) is 0 Å². The molecule has 2 aromatic carbocycles. The molecule has 0 bridgehead atoms. The number of aliphatic hydroxyl groups excluding tert-OH is 1. The van der Waals surface area contributed by atoms with Gasteiger partial charge in [0.05, 0.1) is 6.61 Å². The van der Waals surface area contributed by atoms with Crippen molar-refractivity contribution < 1.29 is 9.90 Å². The fourth-order valence-corrected chi connectivity index (χ4v) is 3.54. The molecule has 4 rings (SSSR count). The van der Waals surface area contributed by atoms with Gasteiger partial charge in [0.25, 0.3) is 0 Å². The van der Waals surface area contributed by atoms with E-state index >= 15 is 0 Å². The monoisotopic (exact) mass is 350 g/mol. The van der Waals surface area contributed by atoms with E-state index in [4.69, 9.17) is 5.11 Å². The summed E-state index contributed by atoms with van der Waals surface area (Å²) in [5.74, 6) is 0.548. The fourth-order valence-electron chi connectivity index (χ4n) is 3.54. The Morgan fingerprint density at radius 2 is 1.69 bits per heavy atom. The van der Waals surface area contributed by atoms with Crippen LogP contribution in [0.5, 0.6) is 0 Å². The van der Waals surface area contributed by atoms with Gasteiger partial charge in [-0.2, -0.15) is 15.0 Å². The lowest BCUT2D eigenvalue weighted by Crippen LogP contribution is -2.32. The van der Waals surface area contributed by atoms with Gasteiger partial charge in [0.1, 0.15) is 17.6 Å². The molecule has 1 saturated heterocycles. The van der Waals surface area contributed by atoms with Crippen molar-refractivity contribution in [3.05, 3.63) is 59.7 Å². The number of likely N-dealkylation sites (tertiary alicyclic amines) is 1. The van der Waals surface area contributed by atoms with Crippen LogP contribution >= 0.6 is 0 Å². The minimum atomic E-state index is 0.0719. The van der Waals surface area contributed by atoms with E-state index in [9.17, 15) is 4.79 Å². The lowest BCUT2D eigenvalue weighted by atomic mass is 9.98. The van der Waals surface area contributed by atoms with Gasteiger partial charge in [-0.15, -0.1) is 0 Å². The van der Waals surface area contributed by atoms with E-state index in [-0.39, 0.29) is 19.1 Å². The van der Waals surface area contributed by atoms with Crippen LogP contribution in [0.1, 0.15) is 17.5 Å². The van der Waals surface area contributed by atoms with Crippen molar-refractivity contribution in [3.8, 4) is 0 Å². The Hall–Kier alpha value is -2.73. The van der Waals surface area contributed by atoms with Gasteiger partial charge in [-0.3, -0.25) is 4.79 Å². The predicted molar refractivity (Wildman–Crippen MR) is 98.3 cm³/mol. The van der Waals surface area contributed by atoms with Crippen molar-refractivity contribution in [2.24, 2.45) is 5.92 Å². The number of aliphatic hydroxyl groups is 1. The SMILES string of the molecule is O=C(Cn1nc2ccccc2n1)N1CC[C@@H](Cc2ccc(CO)cc2)C1. The number of hydrogen-bond donors (Lipinski definition) is 1. The van der Waals surface area contributed by atoms with Crippen LogP contribution < -0.4 is 0 Å². The van der Waals surface area contributed by atoms with Crippen LogP contribution in [0, 0.1) is 5.92 Å². The Labute approximate surface area is 152 Å². The molecule has 1 aromatic heterocycles. The summed E-state index contributed by atoms with van der Waals surface area (Å²) in [6.45, 7) is 1.83. The molecule has 26 heavy (non-hydrogen) atoms. The first kappa shape index (κ1) is 16.7. The van der Waals surface area contributed by atoms with Gasteiger partial charge in [0.15, 0.2) is 0 Å². The average Bonchev–Trinajstić information content (AvgIpc) is 3.28. The highest BCUT2D eigenvalue weighted by molar-refractivity contribution is 5.77. The second-order valence-electron chi connectivity index (χ2n) is 6.89. The lowest BCUT2D eigenvalue weighted by Gasteiger charge is -2.16. The normalized spacial score (nSPS) is 17.1. The molecular weight excluding hydrogens is 328 g/mol. The van der Waals surface area contributed by atoms with Crippen LogP contribution in [0.4, 0.5) is 0 Å². The third kappa shape index (κ3) is 3.60. The molecule has 0 unspecified atom stereocenters. The third-order valence-corrected chi connectivity index (χ3v) is 4.97. The van der Waals surface area contributed by atoms with Crippen LogP contribution in [-0.2, 0) is 24.4 Å². The van der Waals surface area contributed by atoms with Gasteiger partial charge >= 0.3 is 0 Å². The zero-order chi connectivity index (χ0) is 17.9. The molecule has 1 fully saturated rings. The number of fused-ring (bicyclic) bond motifs is 1. The lowest BCUT2D eigenvalue weighted by molar-refractivity contribution is -0.131. The number of carbonyl (C=O) groups is 1. The second kappa shape index (κ2) is 7.25. The number of rotatable bonds is 5. The van der Waals surface area contributed by atoms with Gasteiger partial charge in [-0.1, -0.05) is 36.4 Å². The molecule has 1 N–H and O–H groups in total. The van der Waals surface area contributed by atoms with Gasteiger partial charge < -0.3 is 10.0 Å². The van der Waals surface area contributed by atoms with E-state index in [1.54, 1.807) is 0 Å². The fraction of sp³-hybridized carbons (Fsp3) is 0.350. The zero-order valence-corrected chi connectivity index (χ0v) is 14.6. The first-order chi connectivity index (χ1) is 12.7. The molecule has 2 heterocycles. The summed E-state index contributed by atoms with van der Waals surface area (Å²) in [6, 6.07) is 15.7. The molecule has 0 radical (unpaired) electrons. The first-order valence-corrected chi connectivity index (χ1v) is 8.97. The molecule has 1 atom stereocenters. The molecule has 6 nitrogen and oxygen atoms in total. The van der Waals surface area contributed by atoms with Crippen LogP contribution in [0.3, 0.4) is 0 Å². The minimum Gasteiger partial charge on any atom is -0.392 e. The van der Waals surface area contributed by atoms with Crippen molar-refractivity contribution in [2.75, 3.05) is 13.1 Å². The van der Waals surface area contributed by atoms with E-state index in [1.165, 1.54) is 10.4 Å². The molecule has 0 aliphatic carbocycles. The molecule has 134 valence electrons. The molecule has 1 amide bonds. The van der Waals surface area contributed by atoms with E-state index in [0.29, 0.717) is 5.92 Å². The summed E-state index contributed by atoms with van der Waals surface area (Å²) in [4.78, 5) is 16.0. The highest BCUT2D eigenvalue weighted by Gasteiger charge is 2.26. The van der Waals surface area contributed by atoms with Crippen molar-refractivity contribution in [3.63, 3.8) is 0 Å². The number of benzene rings is 2. The van der Waals surface area contributed by atoms with E-state index in [2.05, 4.69) is 22.3 Å². The summed E-state index contributed by atoms with van der Waals surface area (Å²) < 4.78 is 0. The standard InChI is InChI=1S/C20H22N4O2/c25-14-16-7-5-15(6-8-16)11-17-9-10-23(12-17)20(26)13-24-21-18-3-1-2-4-19(18)22-24/h1-8,17,25H,9-14H2/t17-/m0/s1. The number of aromatic nitrogens is 3. The maximum atomic E-state index is 12.6. The van der Waals surface area contributed by atoms with Crippen molar-refractivity contribution >= 4 is 16.9 Å². The van der Waals surface area contributed by atoms with E-state index < -0.39 is 0 Å². The quantitative estimate of drug-likeness (QED) is 0.764. The van der Waals surface area contributed by atoms with Gasteiger partial charge in [-0.05, 0) is 42.0 Å². The topological polar surface area (TPSA) is 71.2 Å². The average molecular weight is 350 g/mol. The largest absolute Gasteiger partial charge is 0.392 e. The number of nitrogens with zero attached hydrogens (tertiary/aromatic N) is 4. The van der Waals surface area contributed by atoms with E-state index in [1.807, 2.05) is 41.3 Å².